The lowest BCUT2D eigenvalue weighted by molar-refractivity contribution is -0.116. The highest BCUT2D eigenvalue weighted by atomic mass is 16.5. The first kappa shape index (κ1) is 16.8. The number of aryl methyl sites for hydroxylation is 1. The third-order valence-corrected chi connectivity index (χ3v) is 7.47. The van der Waals surface area contributed by atoms with E-state index >= 15 is 0 Å². The molecule has 6 unspecified atom stereocenters. The molecule has 1 aromatic carbocycles. The van der Waals surface area contributed by atoms with Gasteiger partial charge in [0.1, 0.15) is 5.60 Å². The molecule has 4 rings (SSSR count). The smallest absolute Gasteiger partial charge is 0.157 e. The van der Waals surface area contributed by atoms with E-state index in [1.54, 1.807) is 19.2 Å². The number of rotatable bonds is 1. The van der Waals surface area contributed by atoms with Gasteiger partial charge in [-0.2, -0.15) is 0 Å². The van der Waals surface area contributed by atoms with Gasteiger partial charge in [0.2, 0.25) is 0 Å². The summed E-state index contributed by atoms with van der Waals surface area (Å²) in [6, 6.07) is 3.40. The van der Waals surface area contributed by atoms with Gasteiger partial charge in [-0.05, 0) is 67.2 Å². The Hall–Kier alpha value is -1.70. The number of terminal acetylenes is 1. The van der Waals surface area contributed by atoms with Crippen LogP contribution < -0.4 is 0 Å². The Balaban J connectivity index is 1.81. The SMILES string of the molecule is C#CC1(O)CCC2C3CCc4cc(O)c(O)cc4C3C(OC)CC21C. The summed E-state index contributed by atoms with van der Waals surface area (Å²) >= 11 is 0. The molecule has 4 nitrogen and oxygen atoms in total. The number of hydrogen-bond acceptors (Lipinski definition) is 4. The van der Waals surface area contributed by atoms with Crippen molar-refractivity contribution in [2.24, 2.45) is 17.3 Å². The van der Waals surface area contributed by atoms with E-state index in [1.807, 2.05) is 0 Å². The standard InChI is InChI=1S/C21H26O4/c1-4-21(24)8-7-15-13-6-5-12-9-16(22)17(23)10-14(12)19(13)18(25-3)11-20(15,21)2/h1,9-10,13,15,18-19,22-24H,5-8,11H2,2-3H3. The van der Waals surface area contributed by atoms with E-state index in [4.69, 9.17) is 11.2 Å². The monoisotopic (exact) mass is 342 g/mol. The summed E-state index contributed by atoms with van der Waals surface area (Å²) < 4.78 is 5.87. The van der Waals surface area contributed by atoms with Crippen molar-refractivity contribution >= 4 is 0 Å². The number of phenolic OH excluding ortho intramolecular Hbond substituents is 2. The number of benzene rings is 1. The average molecular weight is 342 g/mol. The van der Waals surface area contributed by atoms with Crippen LogP contribution in [0.15, 0.2) is 12.1 Å². The maximum Gasteiger partial charge on any atom is 0.157 e. The minimum Gasteiger partial charge on any atom is -0.504 e. The molecular weight excluding hydrogens is 316 g/mol. The zero-order valence-corrected chi connectivity index (χ0v) is 14.8. The third-order valence-electron chi connectivity index (χ3n) is 7.47. The van der Waals surface area contributed by atoms with Gasteiger partial charge in [0.15, 0.2) is 11.5 Å². The third kappa shape index (κ3) is 2.09. The second kappa shape index (κ2) is 5.40. The normalized spacial score (nSPS) is 42.2. The zero-order chi connectivity index (χ0) is 18.0. The van der Waals surface area contributed by atoms with Gasteiger partial charge in [-0.1, -0.05) is 12.8 Å². The number of phenols is 2. The van der Waals surface area contributed by atoms with Crippen LogP contribution in [-0.4, -0.2) is 34.1 Å². The van der Waals surface area contributed by atoms with E-state index in [0.29, 0.717) is 24.7 Å². The fourth-order valence-electron chi connectivity index (χ4n) is 6.12. The van der Waals surface area contributed by atoms with Gasteiger partial charge in [0.25, 0.3) is 0 Å². The van der Waals surface area contributed by atoms with Gasteiger partial charge in [-0.3, -0.25) is 0 Å². The van der Waals surface area contributed by atoms with E-state index < -0.39 is 5.60 Å². The first-order chi connectivity index (χ1) is 11.8. The van der Waals surface area contributed by atoms with E-state index in [1.165, 1.54) is 0 Å². The molecule has 0 spiro atoms. The van der Waals surface area contributed by atoms with Gasteiger partial charge in [0.05, 0.1) is 6.10 Å². The van der Waals surface area contributed by atoms with E-state index in [-0.39, 0.29) is 28.9 Å². The molecule has 0 heterocycles. The average Bonchev–Trinajstić information content (AvgIpc) is 2.87. The van der Waals surface area contributed by atoms with Crippen LogP contribution in [-0.2, 0) is 11.2 Å². The maximum absolute atomic E-state index is 11.1. The van der Waals surface area contributed by atoms with Gasteiger partial charge in [-0.15, -0.1) is 6.42 Å². The molecule has 2 fully saturated rings. The molecule has 0 amide bonds. The van der Waals surface area contributed by atoms with Crippen molar-refractivity contribution in [2.75, 3.05) is 7.11 Å². The minimum absolute atomic E-state index is 0.0608. The van der Waals surface area contributed by atoms with Crippen LogP contribution in [0, 0.1) is 29.6 Å². The molecule has 0 saturated heterocycles. The van der Waals surface area contributed by atoms with Gasteiger partial charge in [0, 0.05) is 18.4 Å². The van der Waals surface area contributed by atoms with Crippen molar-refractivity contribution < 1.29 is 20.1 Å². The molecule has 0 radical (unpaired) electrons. The highest BCUT2D eigenvalue weighted by molar-refractivity contribution is 5.49. The second-order valence-corrected chi connectivity index (χ2v) is 8.31. The molecule has 25 heavy (non-hydrogen) atoms. The fraction of sp³-hybridized carbons (Fsp3) is 0.619. The Labute approximate surface area is 148 Å². The molecule has 0 aliphatic heterocycles. The molecule has 4 heteroatoms. The summed E-state index contributed by atoms with van der Waals surface area (Å²) in [5.41, 5.74) is 0.751. The van der Waals surface area contributed by atoms with E-state index in [9.17, 15) is 15.3 Å². The Morgan fingerprint density at radius 1 is 1.24 bits per heavy atom. The number of fused-ring (bicyclic) bond motifs is 5. The number of aromatic hydroxyl groups is 2. The Bertz CT molecular complexity index is 751. The van der Waals surface area contributed by atoms with E-state index in [0.717, 1.165) is 30.4 Å². The van der Waals surface area contributed by atoms with Crippen LogP contribution in [0.2, 0.25) is 0 Å². The molecule has 134 valence electrons. The van der Waals surface area contributed by atoms with Gasteiger partial charge >= 0.3 is 0 Å². The highest BCUT2D eigenvalue weighted by Crippen LogP contribution is 2.64. The molecular formula is C21H26O4. The summed E-state index contributed by atoms with van der Waals surface area (Å²) in [6.07, 6.45) is 9.78. The van der Waals surface area contributed by atoms with Gasteiger partial charge < -0.3 is 20.1 Å². The van der Waals surface area contributed by atoms with Gasteiger partial charge in [-0.25, -0.2) is 0 Å². The van der Waals surface area contributed by atoms with Crippen LogP contribution in [0.3, 0.4) is 0 Å². The number of hydrogen-bond donors (Lipinski definition) is 3. The quantitative estimate of drug-likeness (QED) is 0.542. The van der Waals surface area contributed by atoms with Crippen LogP contribution in [0.25, 0.3) is 0 Å². The first-order valence-electron chi connectivity index (χ1n) is 9.12. The maximum atomic E-state index is 11.1. The molecule has 3 N–H and O–H groups in total. The summed E-state index contributed by atoms with van der Waals surface area (Å²) in [4.78, 5) is 0. The lowest BCUT2D eigenvalue weighted by Crippen LogP contribution is -2.54. The van der Waals surface area contributed by atoms with Crippen LogP contribution in [0.1, 0.15) is 49.7 Å². The van der Waals surface area contributed by atoms with Crippen molar-refractivity contribution in [2.45, 2.75) is 56.7 Å². The van der Waals surface area contributed by atoms with Crippen molar-refractivity contribution in [3.63, 3.8) is 0 Å². The Kier molecular flexibility index (Phi) is 3.62. The molecule has 1 aromatic rings. The van der Waals surface area contributed by atoms with Crippen LogP contribution >= 0.6 is 0 Å². The Morgan fingerprint density at radius 3 is 2.64 bits per heavy atom. The predicted molar refractivity (Wildman–Crippen MR) is 94.4 cm³/mol. The van der Waals surface area contributed by atoms with Crippen molar-refractivity contribution in [1.29, 1.82) is 0 Å². The van der Waals surface area contributed by atoms with Crippen molar-refractivity contribution in [3.8, 4) is 23.8 Å². The molecule has 0 bridgehead atoms. The first-order valence-corrected chi connectivity index (χ1v) is 9.12. The molecule has 2 saturated carbocycles. The molecule has 0 aromatic heterocycles. The largest absolute Gasteiger partial charge is 0.504 e. The van der Waals surface area contributed by atoms with Crippen molar-refractivity contribution in [3.05, 3.63) is 23.3 Å². The second-order valence-electron chi connectivity index (χ2n) is 8.31. The summed E-state index contributed by atoms with van der Waals surface area (Å²) in [5, 5.41) is 30.9. The lowest BCUT2D eigenvalue weighted by atomic mass is 9.52. The summed E-state index contributed by atoms with van der Waals surface area (Å²) in [5.74, 6) is 3.42. The number of ether oxygens (including phenoxy) is 1. The fourth-order valence-corrected chi connectivity index (χ4v) is 6.12. The molecule has 3 aliphatic rings. The molecule has 6 atom stereocenters. The summed E-state index contributed by atoms with van der Waals surface area (Å²) in [7, 11) is 1.71. The van der Waals surface area contributed by atoms with Crippen molar-refractivity contribution in [1.82, 2.24) is 0 Å². The summed E-state index contributed by atoms with van der Waals surface area (Å²) in [6.45, 7) is 2.12. The topological polar surface area (TPSA) is 69.9 Å². The number of methoxy groups -OCH3 is 1. The molecule has 3 aliphatic carbocycles. The minimum atomic E-state index is -1.07. The lowest BCUT2D eigenvalue weighted by Gasteiger charge is -2.54. The van der Waals surface area contributed by atoms with Crippen LogP contribution in [0.5, 0.6) is 11.5 Å². The highest BCUT2D eigenvalue weighted by Gasteiger charge is 2.63. The Morgan fingerprint density at radius 2 is 1.96 bits per heavy atom. The predicted octanol–water partition coefficient (Wildman–Crippen LogP) is 2.94. The zero-order valence-electron chi connectivity index (χ0n) is 14.8. The van der Waals surface area contributed by atoms with E-state index in [2.05, 4.69) is 12.8 Å². The van der Waals surface area contributed by atoms with Crippen LogP contribution in [0.4, 0.5) is 0 Å². The number of aliphatic hydroxyl groups is 1.